The maximum atomic E-state index is 12.9. The van der Waals surface area contributed by atoms with Crippen molar-refractivity contribution in [1.29, 1.82) is 0 Å². The van der Waals surface area contributed by atoms with E-state index in [1.165, 1.54) is 22.7 Å². The van der Waals surface area contributed by atoms with E-state index in [-0.39, 0.29) is 41.8 Å². The number of aliphatic hydroxyl groups is 1. The zero-order chi connectivity index (χ0) is 23.3. The number of hydrogen-bond donors (Lipinski definition) is 1. The summed E-state index contributed by atoms with van der Waals surface area (Å²) in [6, 6.07) is 2.94. The Morgan fingerprint density at radius 1 is 1.44 bits per heavy atom. The first kappa shape index (κ1) is 24.8. The largest absolute Gasteiger partial charge is 0.394 e. The number of aliphatic hydroxyl groups excluding tert-OH is 1. The number of aryl methyl sites for hydroxylation is 1. The number of thiophene rings is 1. The topological polar surface area (TPSA) is 118 Å². The average Bonchev–Trinajstić information content (AvgIpc) is 3.45. The Balaban J connectivity index is 1.86. The highest BCUT2D eigenvalue weighted by atomic mass is 32.2. The third-order valence-electron chi connectivity index (χ3n) is 5.74. The second kappa shape index (κ2) is 10.8. The van der Waals surface area contributed by atoms with Crippen LogP contribution in [0.2, 0.25) is 0 Å². The van der Waals surface area contributed by atoms with Gasteiger partial charge < -0.3 is 14.7 Å². The second-order valence-corrected chi connectivity index (χ2v) is 11.4. The van der Waals surface area contributed by atoms with E-state index in [4.69, 9.17) is 4.74 Å². The summed E-state index contributed by atoms with van der Waals surface area (Å²) in [6.07, 6.45) is 2.07. The molecule has 178 valence electrons. The van der Waals surface area contributed by atoms with Gasteiger partial charge in [-0.1, -0.05) is 18.2 Å². The van der Waals surface area contributed by atoms with Crippen molar-refractivity contribution in [3.05, 3.63) is 29.4 Å². The molecule has 3 rings (SSSR count). The summed E-state index contributed by atoms with van der Waals surface area (Å²) in [5.74, 6) is -0.239. The van der Waals surface area contributed by atoms with Crippen molar-refractivity contribution in [1.82, 2.24) is 24.2 Å². The average molecular weight is 486 g/mol. The van der Waals surface area contributed by atoms with Crippen LogP contribution in [0.4, 0.5) is 0 Å². The zero-order valence-corrected chi connectivity index (χ0v) is 20.3. The van der Waals surface area contributed by atoms with E-state index < -0.39 is 16.1 Å². The first-order valence-electron chi connectivity index (χ1n) is 10.6. The number of carbonyl (C=O) groups excluding carboxylic acids is 1. The van der Waals surface area contributed by atoms with E-state index in [1.54, 1.807) is 40.2 Å². The molecule has 32 heavy (non-hydrogen) atoms. The van der Waals surface area contributed by atoms with Crippen LogP contribution in [-0.4, -0.2) is 82.5 Å². The second-order valence-electron chi connectivity index (χ2n) is 8.17. The van der Waals surface area contributed by atoms with E-state index in [1.807, 2.05) is 6.92 Å². The maximum Gasteiger partial charge on any atom is 0.252 e. The third kappa shape index (κ3) is 5.73. The van der Waals surface area contributed by atoms with Crippen molar-refractivity contribution in [2.75, 3.05) is 26.7 Å². The molecule has 0 saturated heterocycles. The molecule has 1 aliphatic rings. The SMILES string of the molecule is C[C@@H]1CN([C@H](C)CO)C(=O)CCCn2nncc2CO[C@@H]1CN(C)S(=O)(=O)c1cccs1. The maximum absolute atomic E-state index is 12.9. The van der Waals surface area contributed by atoms with Crippen LogP contribution in [0, 0.1) is 5.92 Å². The predicted molar refractivity (Wildman–Crippen MR) is 119 cm³/mol. The van der Waals surface area contributed by atoms with E-state index in [2.05, 4.69) is 10.3 Å². The van der Waals surface area contributed by atoms with Gasteiger partial charge in [-0.2, -0.15) is 4.31 Å². The lowest BCUT2D eigenvalue weighted by Crippen LogP contribution is -2.47. The molecule has 0 fully saturated rings. The van der Waals surface area contributed by atoms with E-state index in [9.17, 15) is 18.3 Å². The Morgan fingerprint density at radius 2 is 2.22 bits per heavy atom. The molecule has 3 heterocycles. The number of hydrogen-bond acceptors (Lipinski definition) is 8. The first-order chi connectivity index (χ1) is 15.2. The summed E-state index contributed by atoms with van der Waals surface area (Å²) >= 11 is 1.17. The fraction of sp³-hybridized carbons (Fsp3) is 0.650. The van der Waals surface area contributed by atoms with E-state index in [0.29, 0.717) is 25.9 Å². The van der Waals surface area contributed by atoms with Crippen LogP contribution in [0.5, 0.6) is 0 Å². The molecule has 0 radical (unpaired) electrons. The molecule has 0 unspecified atom stereocenters. The minimum Gasteiger partial charge on any atom is -0.394 e. The normalized spacial score (nSPS) is 22.3. The molecule has 0 aliphatic carbocycles. The molecule has 1 N–H and O–H groups in total. The van der Waals surface area contributed by atoms with E-state index in [0.717, 1.165) is 5.69 Å². The quantitative estimate of drug-likeness (QED) is 0.653. The van der Waals surface area contributed by atoms with Crippen LogP contribution in [0.15, 0.2) is 27.9 Å². The molecular weight excluding hydrogens is 454 g/mol. The highest BCUT2D eigenvalue weighted by molar-refractivity contribution is 7.91. The molecule has 0 spiro atoms. The highest BCUT2D eigenvalue weighted by Gasteiger charge is 2.31. The third-order valence-corrected chi connectivity index (χ3v) is 8.93. The number of rotatable bonds is 6. The standard InChI is InChI=1S/C20H31N5O5S2/c1-15-11-24(16(2)13-26)19(27)6-4-8-25-17(10-21-22-25)14-30-18(15)12-23(3)32(28,29)20-7-5-9-31-20/h5,7,9-10,15-16,18,26H,4,6,8,11-14H2,1-3H3/t15-,16-,18-/m1/s1. The number of ether oxygens (including phenoxy) is 1. The predicted octanol–water partition coefficient (Wildman–Crippen LogP) is 1.18. The van der Waals surface area contributed by atoms with Gasteiger partial charge in [0, 0.05) is 39.0 Å². The number of nitrogens with zero attached hydrogens (tertiary/aromatic N) is 5. The zero-order valence-electron chi connectivity index (χ0n) is 18.6. The lowest BCUT2D eigenvalue weighted by Gasteiger charge is -2.35. The van der Waals surface area contributed by atoms with Gasteiger partial charge in [0.15, 0.2) is 0 Å². The lowest BCUT2D eigenvalue weighted by atomic mass is 10.0. The summed E-state index contributed by atoms with van der Waals surface area (Å²) in [5, 5.41) is 19.4. The Morgan fingerprint density at radius 3 is 2.91 bits per heavy atom. The van der Waals surface area contributed by atoms with Crippen LogP contribution in [0.25, 0.3) is 0 Å². The Labute approximate surface area is 192 Å². The summed E-state index contributed by atoms with van der Waals surface area (Å²) in [6.45, 7) is 4.83. The van der Waals surface area contributed by atoms with Gasteiger partial charge in [-0.15, -0.1) is 16.4 Å². The number of amides is 1. The van der Waals surface area contributed by atoms with Gasteiger partial charge in [0.2, 0.25) is 5.91 Å². The summed E-state index contributed by atoms with van der Waals surface area (Å²) in [7, 11) is -2.11. The van der Waals surface area contributed by atoms with Crippen LogP contribution in [0.1, 0.15) is 32.4 Å². The van der Waals surface area contributed by atoms with Gasteiger partial charge in [0.05, 0.1) is 37.3 Å². The molecule has 0 saturated carbocycles. The first-order valence-corrected chi connectivity index (χ1v) is 12.9. The van der Waals surface area contributed by atoms with Crippen LogP contribution >= 0.6 is 11.3 Å². The van der Waals surface area contributed by atoms with Crippen molar-refractivity contribution >= 4 is 27.3 Å². The van der Waals surface area contributed by atoms with E-state index >= 15 is 0 Å². The molecule has 12 heteroatoms. The van der Waals surface area contributed by atoms with Gasteiger partial charge in [0.1, 0.15) is 4.21 Å². The van der Waals surface area contributed by atoms with Crippen molar-refractivity contribution < 1.29 is 23.1 Å². The smallest absolute Gasteiger partial charge is 0.252 e. The molecule has 2 aromatic heterocycles. The molecule has 10 nitrogen and oxygen atoms in total. The fourth-order valence-corrected chi connectivity index (χ4v) is 6.05. The van der Waals surface area contributed by atoms with Gasteiger partial charge in [0.25, 0.3) is 10.0 Å². The van der Waals surface area contributed by atoms with Crippen molar-refractivity contribution in [3.63, 3.8) is 0 Å². The van der Waals surface area contributed by atoms with Crippen LogP contribution in [-0.2, 0) is 32.7 Å². The number of aromatic nitrogens is 3. The number of fused-ring (bicyclic) bond motifs is 1. The summed E-state index contributed by atoms with van der Waals surface area (Å²) in [4.78, 5) is 14.6. The number of sulfonamides is 1. The highest BCUT2D eigenvalue weighted by Crippen LogP contribution is 2.23. The van der Waals surface area contributed by atoms with Crippen LogP contribution in [0.3, 0.4) is 0 Å². The monoisotopic (exact) mass is 485 g/mol. The molecule has 0 bridgehead atoms. The molecule has 2 aromatic rings. The van der Waals surface area contributed by atoms with Crippen molar-refractivity contribution in [2.45, 2.75) is 56.2 Å². The van der Waals surface area contributed by atoms with Crippen molar-refractivity contribution in [2.24, 2.45) is 5.92 Å². The van der Waals surface area contributed by atoms with Gasteiger partial charge in [-0.3, -0.25) is 4.79 Å². The lowest BCUT2D eigenvalue weighted by molar-refractivity contribution is -0.136. The van der Waals surface area contributed by atoms with Gasteiger partial charge >= 0.3 is 0 Å². The van der Waals surface area contributed by atoms with Gasteiger partial charge in [-0.05, 0) is 24.8 Å². The minimum atomic E-state index is -3.64. The molecule has 0 aromatic carbocycles. The van der Waals surface area contributed by atoms with Crippen molar-refractivity contribution in [3.8, 4) is 0 Å². The molecule has 1 aliphatic heterocycles. The number of carbonyl (C=O) groups is 1. The summed E-state index contributed by atoms with van der Waals surface area (Å²) in [5.41, 5.74) is 0.777. The Bertz CT molecular complexity index is 978. The Kier molecular flexibility index (Phi) is 8.39. The molecule has 3 atom stereocenters. The van der Waals surface area contributed by atoms with Crippen LogP contribution < -0.4 is 0 Å². The Hall–Kier alpha value is -1.86. The fourth-order valence-electron chi connectivity index (χ4n) is 3.66. The molecular formula is C20H31N5O5S2. The van der Waals surface area contributed by atoms with Gasteiger partial charge in [-0.25, -0.2) is 13.1 Å². The molecule has 1 amide bonds. The minimum absolute atomic E-state index is 0.0565. The summed E-state index contributed by atoms with van der Waals surface area (Å²) < 4.78 is 35.3. The number of likely N-dealkylation sites (N-methyl/N-ethyl adjacent to an activating group) is 1.